The molecule has 166 valence electrons. The van der Waals surface area contributed by atoms with Gasteiger partial charge in [0, 0.05) is 17.7 Å². The second-order valence-electron chi connectivity index (χ2n) is 9.45. The van der Waals surface area contributed by atoms with Crippen LogP contribution in [0.4, 0.5) is 4.39 Å². The molecule has 7 atom stereocenters. The van der Waals surface area contributed by atoms with Crippen LogP contribution in [0.15, 0.2) is 54.3 Å². The summed E-state index contributed by atoms with van der Waals surface area (Å²) in [5.41, 5.74) is 15.1. The zero-order valence-corrected chi connectivity index (χ0v) is 18.3. The van der Waals surface area contributed by atoms with Gasteiger partial charge < -0.3 is 16.2 Å². The van der Waals surface area contributed by atoms with Crippen molar-refractivity contribution >= 4 is 11.5 Å². The second-order valence-corrected chi connectivity index (χ2v) is 9.45. The number of ether oxygens (including phenoxy) is 1. The Labute approximate surface area is 184 Å². The Morgan fingerprint density at radius 3 is 2.81 bits per heavy atom. The molecule has 0 radical (unpaired) electrons. The van der Waals surface area contributed by atoms with E-state index in [1.165, 1.54) is 12.1 Å². The first-order valence-electron chi connectivity index (χ1n) is 11.4. The summed E-state index contributed by atoms with van der Waals surface area (Å²) in [5, 5.41) is 0. The number of halogens is 1. The van der Waals surface area contributed by atoms with Crippen molar-refractivity contribution in [3.8, 4) is 0 Å². The molecule has 1 heterocycles. The maximum Gasteiger partial charge on any atom is 0.309 e. The van der Waals surface area contributed by atoms with Crippen molar-refractivity contribution in [3.63, 3.8) is 0 Å². The number of esters is 1. The van der Waals surface area contributed by atoms with Gasteiger partial charge in [0.1, 0.15) is 11.9 Å². The topological polar surface area (TPSA) is 78.3 Å². The SMILES string of the molecule is C\C(=C/C=C(N)/C=C/[C@H]1C2CCC[C@H](N)[C@H]2C[C@H]2C(=O)O[C@H](C)[C@H]21)c1cccc(F)c1. The lowest BCUT2D eigenvalue weighted by atomic mass is 9.56. The quantitative estimate of drug-likeness (QED) is 0.548. The van der Waals surface area contributed by atoms with E-state index in [1.54, 1.807) is 6.07 Å². The highest BCUT2D eigenvalue weighted by Gasteiger charge is 2.55. The molecule has 1 unspecified atom stereocenters. The smallest absolute Gasteiger partial charge is 0.309 e. The number of hydrogen-bond donors (Lipinski definition) is 2. The fourth-order valence-electron chi connectivity index (χ4n) is 6.01. The van der Waals surface area contributed by atoms with Gasteiger partial charge in [0.05, 0.1) is 5.92 Å². The van der Waals surface area contributed by atoms with Crippen LogP contribution in [0.3, 0.4) is 0 Å². The largest absolute Gasteiger partial charge is 0.462 e. The van der Waals surface area contributed by atoms with Gasteiger partial charge in [-0.2, -0.15) is 0 Å². The van der Waals surface area contributed by atoms with Crippen LogP contribution >= 0.6 is 0 Å². The first-order chi connectivity index (χ1) is 14.8. The van der Waals surface area contributed by atoms with Gasteiger partial charge in [-0.05, 0) is 86.3 Å². The number of fused-ring (bicyclic) bond motifs is 2. The van der Waals surface area contributed by atoms with E-state index in [2.05, 4.69) is 6.08 Å². The third-order valence-corrected chi connectivity index (χ3v) is 7.57. The highest BCUT2D eigenvalue weighted by molar-refractivity contribution is 5.75. The minimum Gasteiger partial charge on any atom is -0.462 e. The fraction of sp³-hybridized carbons (Fsp3) is 0.500. The zero-order chi connectivity index (χ0) is 22.1. The number of rotatable bonds is 4. The Bertz CT molecular complexity index is 922. The van der Waals surface area contributed by atoms with Crippen LogP contribution in [0.2, 0.25) is 0 Å². The molecule has 0 spiro atoms. The standard InChI is InChI=1S/C26H33FN2O2/c1-15(17-5-3-6-18(27)13-17)9-10-19(28)11-12-21-20-7-4-8-24(29)22(20)14-23-25(21)16(2)31-26(23)30/h3,5-6,9-13,16,20-25H,4,7-8,14,28-29H2,1-2H3/b12-11+,15-9+,19-10-/t16-,20?,21+,22+,23-,24+,25+/m1/s1. The molecule has 1 aromatic rings. The van der Waals surface area contributed by atoms with Crippen LogP contribution < -0.4 is 11.5 Å². The second kappa shape index (κ2) is 8.99. The normalized spacial score (nSPS) is 36.3. The Morgan fingerprint density at radius 2 is 2.03 bits per heavy atom. The minimum absolute atomic E-state index is 0.0598. The molecule has 0 aromatic heterocycles. The van der Waals surface area contributed by atoms with Crippen molar-refractivity contribution in [2.75, 3.05) is 0 Å². The van der Waals surface area contributed by atoms with Crippen LogP contribution in [-0.4, -0.2) is 18.1 Å². The van der Waals surface area contributed by atoms with Gasteiger partial charge in [-0.1, -0.05) is 30.7 Å². The maximum atomic E-state index is 13.5. The average molecular weight is 425 g/mol. The number of benzene rings is 1. The van der Waals surface area contributed by atoms with Crippen molar-refractivity contribution in [1.29, 1.82) is 0 Å². The van der Waals surface area contributed by atoms with Crippen LogP contribution in [-0.2, 0) is 9.53 Å². The van der Waals surface area contributed by atoms with Gasteiger partial charge in [0.25, 0.3) is 0 Å². The first-order valence-corrected chi connectivity index (χ1v) is 11.4. The monoisotopic (exact) mass is 424 g/mol. The van der Waals surface area contributed by atoms with Crippen molar-refractivity contribution in [2.45, 2.75) is 51.7 Å². The number of nitrogens with two attached hydrogens (primary N) is 2. The molecule has 2 saturated carbocycles. The molecule has 0 bridgehead atoms. The zero-order valence-electron chi connectivity index (χ0n) is 18.3. The molecule has 4 N–H and O–H groups in total. The van der Waals surface area contributed by atoms with E-state index in [-0.39, 0.29) is 41.7 Å². The van der Waals surface area contributed by atoms with Crippen molar-refractivity contribution < 1.29 is 13.9 Å². The van der Waals surface area contributed by atoms with Gasteiger partial charge in [-0.15, -0.1) is 0 Å². The van der Waals surface area contributed by atoms with Gasteiger partial charge >= 0.3 is 5.97 Å². The van der Waals surface area contributed by atoms with Gasteiger partial charge in [0.2, 0.25) is 0 Å². The van der Waals surface area contributed by atoms with E-state index in [1.807, 2.05) is 38.1 Å². The molecule has 2 aliphatic carbocycles. The molecule has 0 amide bonds. The highest BCUT2D eigenvalue weighted by Crippen LogP contribution is 2.53. The number of cyclic esters (lactones) is 1. The molecule has 4 nitrogen and oxygen atoms in total. The van der Waals surface area contributed by atoms with Crippen LogP contribution in [0.25, 0.3) is 5.57 Å². The Hall–Kier alpha value is -2.40. The molecule has 1 aliphatic heterocycles. The van der Waals surface area contributed by atoms with Gasteiger partial charge in [0.15, 0.2) is 0 Å². The molecule has 3 aliphatic rings. The Kier molecular flexibility index (Phi) is 6.33. The third-order valence-electron chi connectivity index (χ3n) is 7.57. The van der Waals surface area contributed by atoms with Crippen molar-refractivity contribution in [3.05, 3.63) is 65.6 Å². The number of carbonyl (C=O) groups excluding carboxylic acids is 1. The summed E-state index contributed by atoms with van der Waals surface area (Å²) in [6.45, 7) is 3.95. The van der Waals surface area contributed by atoms with Crippen molar-refractivity contribution in [1.82, 2.24) is 0 Å². The van der Waals surface area contributed by atoms with E-state index in [0.717, 1.165) is 36.8 Å². The molecule has 5 heteroatoms. The van der Waals surface area contributed by atoms with Crippen LogP contribution in [0.1, 0.15) is 45.1 Å². The Balaban J connectivity index is 1.55. The summed E-state index contributed by atoms with van der Waals surface area (Å²) in [6, 6.07) is 6.68. The van der Waals surface area contributed by atoms with Crippen LogP contribution in [0.5, 0.6) is 0 Å². The molecule has 1 aromatic carbocycles. The van der Waals surface area contributed by atoms with E-state index in [9.17, 15) is 9.18 Å². The molecule has 3 fully saturated rings. The first kappa shape index (κ1) is 21.8. The van der Waals surface area contributed by atoms with E-state index < -0.39 is 0 Å². The van der Waals surface area contributed by atoms with E-state index in [4.69, 9.17) is 16.2 Å². The maximum absolute atomic E-state index is 13.5. The van der Waals surface area contributed by atoms with E-state index >= 15 is 0 Å². The Morgan fingerprint density at radius 1 is 1.23 bits per heavy atom. The van der Waals surface area contributed by atoms with Crippen LogP contribution in [0, 0.1) is 35.4 Å². The summed E-state index contributed by atoms with van der Waals surface area (Å²) in [7, 11) is 0. The predicted molar refractivity (Wildman–Crippen MR) is 121 cm³/mol. The molecular weight excluding hydrogens is 391 g/mol. The summed E-state index contributed by atoms with van der Waals surface area (Å²) < 4.78 is 19.1. The highest BCUT2D eigenvalue weighted by atomic mass is 19.1. The number of hydrogen-bond acceptors (Lipinski definition) is 4. The van der Waals surface area contributed by atoms with E-state index in [0.29, 0.717) is 17.5 Å². The molecule has 4 rings (SSSR count). The van der Waals surface area contributed by atoms with Crippen molar-refractivity contribution in [2.24, 2.45) is 41.1 Å². The lowest BCUT2D eigenvalue weighted by Gasteiger charge is -2.48. The lowest BCUT2D eigenvalue weighted by molar-refractivity contribution is -0.144. The molecular formula is C26H33FN2O2. The lowest BCUT2D eigenvalue weighted by Crippen LogP contribution is -2.50. The van der Waals surface area contributed by atoms with Gasteiger partial charge in [-0.25, -0.2) is 4.39 Å². The molecule has 31 heavy (non-hydrogen) atoms. The minimum atomic E-state index is -0.253. The summed E-state index contributed by atoms with van der Waals surface area (Å²) in [4.78, 5) is 12.5. The third kappa shape index (κ3) is 4.47. The average Bonchev–Trinajstić information content (AvgIpc) is 3.03. The summed E-state index contributed by atoms with van der Waals surface area (Å²) in [5.74, 6) is 0.874. The van der Waals surface area contributed by atoms with Gasteiger partial charge in [-0.3, -0.25) is 4.79 Å². The fourth-order valence-corrected chi connectivity index (χ4v) is 6.01. The number of carbonyl (C=O) groups is 1. The summed E-state index contributed by atoms with van der Waals surface area (Å²) in [6.07, 6.45) is 12.0. The molecule has 1 saturated heterocycles. The number of allylic oxidation sites excluding steroid dienone is 5. The predicted octanol–water partition coefficient (Wildman–Crippen LogP) is 4.57. The summed E-state index contributed by atoms with van der Waals surface area (Å²) >= 11 is 0.